The third kappa shape index (κ3) is 6.34. The number of methoxy groups -OCH3 is 1. The summed E-state index contributed by atoms with van der Waals surface area (Å²) in [5.74, 6) is -1.03. The number of H-pyrrole nitrogens is 1. The van der Waals surface area contributed by atoms with Gasteiger partial charge in [-0.3, -0.25) is 9.59 Å². The Hall–Kier alpha value is -4.96. The lowest BCUT2D eigenvalue weighted by molar-refractivity contribution is -0.145. The summed E-state index contributed by atoms with van der Waals surface area (Å²) in [6.45, 7) is 1.33. The highest BCUT2D eigenvalue weighted by Gasteiger charge is 2.29. The molecule has 10 nitrogen and oxygen atoms in total. The first-order chi connectivity index (χ1) is 20.3. The molecule has 0 saturated carbocycles. The first-order valence-electron chi connectivity index (χ1n) is 13.3. The molecule has 0 aliphatic rings. The number of hydrogen-bond acceptors (Lipinski definition) is 6. The van der Waals surface area contributed by atoms with Gasteiger partial charge in [0.1, 0.15) is 17.8 Å². The summed E-state index contributed by atoms with van der Waals surface area (Å²) < 4.78 is 4.96. The first-order valence-corrected chi connectivity index (χ1v) is 13.7. The number of carbonyl (C=O) groups excluding carboxylic acids is 3. The van der Waals surface area contributed by atoms with Crippen molar-refractivity contribution in [3.63, 3.8) is 0 Å². The van der Waals surface area contributed by atoms with Crippen molar-refractivity contribution in [2.45, 2.75) is 31.8 Å². The lowest BCUT2D eigenvalue weighted by Crippen LogP contribution is -2.53. The van der Waals surface area contributed by atoms with Crippen LogP contribution in [0.5, 0.6) is 0 Å². The monoisotopic (exact) mass is 584 g/mol. The summed E-state index contributed by atoms with van der Waals surface area (Å²) in [6.07, 6.45) is 0.298. The van der Waals surface area contributed by atoms with E-state index in [4.69, 9.17) is 16.3 Å². The molecular formula is C31H29ClN6O4. The molecule has 0 bridgehead atoms. The van der Waals surface area contributed by atoms with E-state index in [0.717, 1.165) is 22.0 Å². The number of nitrogens with one attached hydrogen (secondary N) is 3. The third-order valence-electron chi connectivity index (χ3n) is 6.80. The molecule has 0 saturated heterocycles. The molecule has 0 aliphatic heterocycles. The minimum Gasteiger partial charge on any atom is -0.467 e. The lowest BCUT2D eigenvalue weighted by Gasteiger charge is -2.22. The van der Waals surface area contributed by atoms with Crippen LogP contribution in [0.3, 0.4) is 0 Å². The highest BCUT2D eigenvalue weighted by atomic mass is 35.5. The maximum Gasteiger partial charge on any atom is 0.328 e. The Morgan fingerprint density at radius 1 is 0.881 bits per heavy atom. The molecule has 5 rings (SSSR count). The molecule has 3 N–H and O–H groups in total. The van der Waals surface area contributed by atoms with E-state index in [9.17, 15) is 14.4 Å². The van der Waals surface area contributed by atoms with Crippen LogP contribution in [0, 0.1) is 0 Å². The smallest absolute Gasteiger partial charge is 0.328 e. The number of carbonyl (C=O) groups is 3. The van der Waals surface area contributed by atoms with Crippen LogP contribution in [-0.2, 0) is 32.0 Å². The second-order valence-corrected chi connectivity index (χ2v) is 10.1. The first kappa shape index (κ1) is 28.6. The Balaban J connectivity index is 1.49. The number of rotatable bonds is 10. The van der Waals surface area contributed by atoms with Crippen molar-refractivity contribution >= 4 is 40.3 Å². The largest absolute Gasteiger partial charge is 0.467 e. The van der Waals surface area contributed by atoms with E-state index in [1.807, 2.05) is 84.9 Å². The van der Waals surface area contributed by atoms with E-state index in [1.54, 1.807) is 0 Å². The standard InChI is InChI=1S/C31H29ClN6O4/c1-19(39)33-25(30(40)35-26(31(41)42-2)17-20-11-5-3-6-12-20)18-23-22-15-9-10-16-24(22)34-29(23)38-36-27(28(32)37-38)21-13-7-4-8-14-21/h3-16,25-26,34H,17-18H2,1-2H3,(H,33,39)(H,35,40)/t25-,26-/m0/s1. The maximum absolute atomic E-state index is 13.7. The molecular weight excluding hydrogens is 556 g/mol. The Kier molecular flexibility index (Phi) is 8.63. The fourth-order valence-corrected chi connectivity index (χ4v) is 5.06. The van der Waals surface area contributed by atoms with Crippen LogP contribution >= 0.6 is 11.6 Å². The number of ether oxygens (including phenoxy) is 1. The number of halogens is 1. The van der Waals surface area contributed by atoms with E-state index in [0.29, 0.717) is 17.1 Å². The molecule has 214 valence electrons. The number of aromatic nitrogens is 4. The van der Waals surface area contributed by atoms with Gasteiger partial charge in [0, 0.05) is 41.8 Å². The number of para-hydroxylation sites is 1. The number of esters is 1. The van der Waals surface area contributed by atoms with Gasteiger partial charge in [-0.15, -0.1) is 15.0 Å². The van der Waals surface area contributed by atoms with Gasteiger partial charge in [-0.2, -0.15) is 0 Å². The molecule has 3 aromatic carbocycles. The van der Waals surface area contributed by atoms with Gasteiger partial charge < -0.3 is 20.4 Å². The van der Waals surface area contributed by atoms with Gasteiger partial charge >= 0.3 is 5.97 Å². The lowest BCUT2D eigenvalue weighted by atomic mass is 10.0. The summed E-state index contributed by atoms with van der Waals surface area (Å²) >= 11 is 6.50. The van der Waals surface area contributed by atoms with Crippen molar-refractivity contribution in [1.29, 1.82) is 0 Å². The van der Waals surface area contributed by atoms with E-state index < -0.39 is 29.9 Å². The summed E-state index contributed by atoms with van der Waals surface area (Å²) in [6, 6.07) is 24.3. The summed E-state index contributed by atoms with van der Waals surface area (Å²) in [7, 11) is 1.27. The molecule has 0 spiro atoms. The Morgan fingerprint density at radius 2 is 1.55 bits per heavy atom. The summed E-state index contributed by atoms with van der Waals surface area (Å²) in [4.78, 5) is 43.2. The van der Waals surface area contributed by atoms with Gasteiger partial charge in [0.25, 0.3) is 0 Å². The average molecular weight is 585 g/mol. The molecule has 2 aromatic heterocycles. The number of amides is 2. The van der Waals surface area contributed by atoms with Gasteiger partial charge in [0.2, 0.25) is 11.8 Å². The normalized spacial score (nSPS) is 12.5. The fraction of sp³-hybridized carbons (Fsp3) is 0.194. The summed E-state index contributed by atoms with van der Waals surface area (Å²) in [5, 5.41) is 15.6. The van der Waals surface area contributed by atoms with Crippen LogP contribution in [0.15, 0.2) is 84.9 Å². The number of nitrogens with zero attached hydrogens (tertiary/aromatic N) is 3. The highest BCUT2D eigenvalue weighted by Crippen LogP contribution is 2.29. The zero-order chi connectivity index (χ0) is 29.6. The second-order valence-electron chi connectivity index (χ2n) is 9.72. The fourth-order valence-electron chi connectivity index (χ4n) is 4.84. The Morgan fingerprint density at radius 3 is 2.24 bits per heavy atom. The van der Waals surface area contributed by atoms with Gasteiger partial charge in [-0.05, 0) is 11.6 Å². The second kappa shape index (κ2) is 12.7. The minimum atomic E-state index is -1.02. The Labute approximate surface area is 247 Å². The molecule has 0 aliphatic carbocycles. The third-order valence-corrected chi connectivity index (χ3v) is 7.05. The molecule has 2 amide bonds. The molecule has 2 heterocycles. The van der Waals surface area contributed by atoms with Gasteiger partial charge in [0.05, 0.1) is 7.11 Å². The van der Waals surface area contributed by atoms with Gasteiger partial charge in [0.15, 0.2) is 11.0 Å². The number of fused-ring (bicyclic) bond motifs is 1. The van der Waals surface area contributed by atoms with E-state index in [-0.39, 0.29) is 18.0 Å². The minimum absolute atomic E-state index is 0.0732. The van der Waals surface area contributed by atoms with Crippen molar-refractivity contribution in [2.75, 3.05) is 7.11 Å². The molecule has 11 heteroatoms. The average Bonchev–Trinajstić information content (AvgIpc) is 3.57. The predicted molar refractivity (Wildman–Crippen MR) is 159 cm³/mol. The van der Waals surface area contributed by atoms with Crippen molar-refractivity contribution in [2.24, 2.45) is 0 Å². The van der Waals surface area contributed by atoms with Crippen molar-refractivity contribution in [3.8, 4) is 17.1 Å². The number of aromatic amines is 1. The van der Waals surface area contributed by atoms with Crippen LogP contribution in [0.2, 0.25) is 5.15 Å². The number of benzene rings is 3. The van der Waals surface area contributed by atoms with Crippen molar-refractivity contribution < 1.29 is 19.1 Å². The molecule has 5 aromatic rings. The molecule has 0 unspecified atom stereocenters. The number of hydrogen-bond donors (Lipinski definition) is 3. The van der Waals surface area contributed by atoms with Crippen molar-refractivity contribution in [1.82, 2.24) is 30.6 Å². The Bertz CT molecular complexity index is 1720. The predicted octanol–water partition coefficient (Wildman–Crippen LogP) is 4.02. The topological polar surface area (TPSA) is 131 Å². The van der Waals surface area contributed by atoms with Gasteiger partial charge in [-0.1, -0.05) is 90.5 Å². The zero-order valence-corrected chi connectivity index (χ0v) is 23.8. The van der Waals surface area contributed by atoms with Crippen LogP contribution in [-0.4, -0.2) is 57.0 Å². The molecule has 0 fully saturated rings. The quantitative estimate of drug-likeness (QED) is 0.213. The van der Waals surface area contributed by atoms with E-state index in [2.05, 4.69) is 25.8 Å². The maximum atomic E-state index is 13.7. The van der Waals surface area contributed by atoms with Crippen LogP contribution in [0.1, 0.15) is 18.1 Å². The SMILES string of the molecule is COC(=O)[C@H](Cc1ccccc1)NC(=O)[C@H](Cc1c(-n2nc(Cl)c(-c3ccccc3)n2)[nH]c2ccccc12)NC(C)=O. The highest BCUT2D eigenvalue weighted by molar-refractivity contribution is 6.31. The molecule has 0 radical (unpaired) electrons. The van der Waals surface area contributed by atoms with E-state index in [1.165, 1.54) is 18.8 Å². The van der Waals surface area contributed by atoms with Crippen LogP contribution < -0.4 is 10.6 Å². The molecule has 42 heavy (non-hydrogen) atoms. The van der Waals surface area contributed by atoms with Gasteiger partial charge in [-0.25, -0.2) is 4.79 Å². The zero-order valence-electron chi connectivity index (χ0n) is 23.0. The molecule has 2 atom stereocenters. The van der Waals surface area contributed by atoms with Crippen LogP contribution in [0.4, 0.5) is 0 Å². The van der Waals surface area contributed by atoms with Crippen LogP contribution in [0.25, 0.3) is 28.0 Å². The van der Waals surface area contributed by atoms with E-state index >= 15 is 0 Å². The summed E-state index contributed by atoms with van der Waals surface area (Å²) in [5.41, 5.74) is 3.62. The van der Waals surface area contributed by atoms with Crippen molar-refractivity contribution in [3.05, 3.63) is 101 Å².